The molecular formula is C19H19BrN2O2. The summed E-state index contributed by atoms with van der Waals surface area (Å²) < 4.78 is 0.960. The summed E-state index contributed by atoms with van der Waals surface area (Å²) in [5, 5.41) is 2.96. The number of anilines is 2. The molecule has 1 saturated heterocycles. The Morgan fingerprint density at radius 2 is 1.88 bits per heavy atom. The number of halogens is 1. The van der Waals surface area contributed by atoms with Crippen LogP contribution in [0.4, 0.5) is 11.4 Å². The van der Waals surface area contributed by atoms with Crippen molar-refractivity contribution in [2.24, 2.45) is 5.92 Å². The molecule has 1 aliphatic heterocycles. The van der Waals surface area contributed by atoms with Gasteiger partial charge in [-0.1, -0.05) is 33.6 Å². The first kappa shape index (κ1) is 16.7. The quantitative estimate of drug-likeness (QED) is 0.864. The van der Waals surface area contributed by atoms with Crippen molar-refractivity contribution in [1.82, 2.24) is 0 Å². The van der Waals surface area contributed by atoms with Crippen molar-refractivity contribution in [3.63, 3.8) is 0 Å². The number of nitrogens with one attached hydrogen (secondary N) is 1. The fraction of sp³-hybridized carbons (Fsp3) is 0.263. The molecule has 3 rings (SSSR count). The summed E-state index contributed by atoms with van der Waals surface area (Å²) in [4.78, 5) is 26.5. The van der Waals surface area contributed by atoms with Gasteiger partial charge in [-0.15, -0.1) is 0 Å². The van der Waals surface area contributed by atoms with Crippen molar-refractivity contribution in [2.45, 2.75) is 20.3 Å². The van der Waals surface area contributed by atoms with Crippen molar-refractivity contribution in [1.29, 1.82) is 0 Å². The molecule has 24 heavy (non-hydrogen) atoms. The van der Waals surface area contributed by atoms with E-state index in [1.165, 1.54) is 0 Å². The van der Waals surface area contributed by atoms with Crippen LogP contribution >= 0.6 is 15.9 Å². The van der Waals surface area contributed by atoms with Crippen LogP contribution in [-0.4, -0.2) is 18.4 Å². The third-order valence-electron chi connectivity index (χ3n) is 4.27. The second kappa shape index (κ2) is 6.77. The maximum atomic E-state index is 12.5. The highest BCUT2D eigenvalue weighted by atomic mass is 79.9. The first-order chi connectivity index (χ1) is 11.4. The standard InChI is InChI=1S/C19H19BrN2O2/c1-12-3-8-17(13(2)9-12)21-19(24)14-10-18(23)22(11-14)16-6-4-15(20)5-7-16/h3-9,14H,10-11H2,1-2H3,(H,21,24)/t14-/m0/s1. The Labute approximate surface area is 150 Å². The number of nitrogens with zero attached hydrogens (tertiary/aromatic N) is 1. The van der Waals surface area contributed by atoms with Gasteiger partial charge in [-0.05, 0) is 49.7 Å². The number of benzene rings is 2. The normalized spacial score (nSPS) is 17.2. The van der Waals surface area contributed by atoms with Gasteiger partial charge in [0.2, 0.25) is 11.8 Å². The molecule has 0 unspecified atom stereocenters. The molecule has 0 spiro atoms. The summed E-state index contributed by atoms with van der Waals surface area (Å²) in [7, 11) is 0. The topological polar surface area (TPSA) is 49.4 Å². The first-order valence-electron chi connectivity index (χ1n) is 7.88. The van der Waals surface area contributed by atoms with E-state index in [0.29, 0.717) is 6.54 Å². The molecule has 2 aromatic carbocycles. The third-order valence-corrected chi connectivity index (χ3v) is 4.80. The van der Waals surface area contributed by atoms with Gasteiger partial charge in [0.25, 0.3) is 0 Å². The number of hydrogen-bond acceptors (Lipinski definition) is 2. The molecule has 0 aromatic heterocycles. The number of amides is 2. The highest BCUT2D eigenvalue weighted by Crippen LogP contribution is 2.27. The second-order valence-corrected chi connectivity index (χ2v) is 7.11. The average Bonchev–Trinajstić information content (AvgIpc) is 2.93. The number of aryl methyl sites for hydroxylation is 2. The van der Waals surface area contributed by atoms with Crippen LogP contribution in [0.3, 0.4) is 0 Å². The summed E-state index contributed by atoms with van der Waals surface area (Å²) in [5.74, 6) is -0.449. The minimum atomic E-state index is -0.332. The zero-order valence-corrected chi connectivity index (χ0v) is 15.3. The molecule has 1 fully saturated rings. The van der Waals surface area contributed by atoms with E-state index >= 15 is 0 Å². The van der Waals surface area contributed by atoms with E-state index in [2.05, 4.69) is 21.2 Å². The molecule has 5 heteroatoms. The average molecular weight is 387 g/mol. The van der Waals surface area contributed by atoms with Gasteiger partial charge in [0.1, 0.15) is 0 Å². The maximum absolute atomic E-state index is 12.5. The van der Waals surface area contributed by atoms with Gasteiger partial charge < -0.3 is 10.2 Å². The second-order valence-electron chi connectivity index (χ2n) is 6.19. The molecule has 4 nitrogen and oxygen atoms in total. The van der Waals surface area contributed by atoms with Crippen LogP contribution in [0.2, 0.25) is 0 Å². The van der Waals surface area contributed by atoms with Crippen molar-refractivity contribution >= 4 is 39.1 Å². The molecule has 0 bridgehead atoms. The molecular weight excluding hydrogens is 368 g/mol. The van der Waals surface area contributed by atoms with Gasteiger partial charge in [0.15, 0.2) is 0 Å². The Hall–Kier alpha value is -2.14. The molecule has 0 saturated carbocycles. The van der Waals surface area contributed by atoms with Crippen LogP contribution in [0, 0.1) is 19.8 Å². The van der Waals surface area contributed by atoms with Gasteiger partial charge in [-0.3, -0.25) is 9.59 Å². The van der Waals surface area contributed by atoms with E-state index in [1.807, 2.05) is 56.3 Å². The predicted molar refractivity (Wildman–Crippen MR) is 99.1 cm³/mol. The molecule has 2 aromatic rings. The molecule has 0 radical (unpaired) electrons. The molecule has 1 N–H and O–H groups in total. The minimum absolute atomic E-state index is 0.0156. The number of carbonyl (C=O) groups is 2. The Morgan fingerprint density at radius 1 is 1.17 bits per heavy atom. The Morgan fingerprint density at radius 3 is 2.54 bits per heavy atom. The van der Waals surface area contributed by atoms with Crippen LogP contribution in [-0.2, 0) is 9.59 Å². The van der Waals surface area contributed by atoms with Crippen LogP contribution in [0.25, 0.3) is 0 Å². The number of carbonyl (C=O) groups excluding carboxylic acids is 2. The summed E-state index contributed by atoms with van der Waals surface area (Å²) in [5.41, 5.74) is 3.81. The maximum Gasteiger partial charge on any atom is 0.229 e. The minimum Gasteiger partial charge on any atom is -0.326 e. The highest BCUT2D eigenvalue weighted by Gasteiger charge is 2.35. The van der Waals surface area contributed by atoms with Crippen LogP contribution < -0.4 is 10.2 Å². The Bertz CT molecular complexity index is 786. The van der Waals surface area contributed by atoms with Gasteiger partial charge in [0.05, 0.1) is 5.92 Å². The fourth-order valence-corrected chi connectivity index (χ4v) is 3.21. The van der Waals surface area contributed by atoms with Crippen LogP contribution in [0.5, 0.6) is 0 Å². The highest BCUT2D eigenvalue weighted by molar-refractivity contribution is 9.10. The van der Waals surface area contributed by atoms with E-state index in [1.54, 1.807) is 4.90 Å². The van der Waals surface area contributed by atoms with Crippen molar-refractivity contribution < 1.29 is 9.59 Å². The molecule has 124 valence electrons. The predicted octanol–water partition coefficient (Wildman–Crippen LogP) is 4.06. The zero-order valence-electron chi connectivity index (χ0n) is 13.7. The van der Waals surface area contributed by atoms with E-state index in [-0.39, 0.29) is 24.2 Å². The number of hydrogen-bond donors (Lipinski definition) is 1. The Kier molecular flexibility index (Phi) is 4.71. The SMILES string of the molecule is Cc1ccc(NC(=O)[C@H]2CC(=O)N(c3ccc(Br)cc3)C2)c(C)c1. The smallest absolute Gasteiger partial charge is 0.229 e. The molecule has 2 amide bonds. The van der Waals surface area contributed by atoms with Gasteiger partial charge in [-0.2, -0.15) is 0 Å². The summed E-state index contributed by atoms with van der Waals surface area (Å²) >= 11 is 3.39. The third kappa shape index (κ3) is 3.51. The zero-order chi connectivity index (χ0) is 17.3. The van der Waals surface area contributed by atoms with Crippen LogP contribution in [0.15, 0.2) is 46.9 Å². The fourth-order valence-electron chi connectivity index (χ4n) is 2.94. The van der Waals surface area contributed by atoms with E-state index in [4.69, 9.17) is 0 Å². The lowest BCUT2D eigenvalue weighted by Crippen LogP contribution is -2.28. The van der Waals surface area contributed by atoms with Crippen molar-refractivity contribution in [3.8, 4) is 0 Å². The lowest BCUT2D eigenvalue weighted by Gasteiger charge is -2.17. The van der Waals surface area contributed by atoms with E-state index < -0.39 is 0 Å². The van der Waals surface area contributed by atoms with E-state index in [0.717, 1.165) is 27.0 Å². The van der Waals surface area contributed by atoms with Gasteiger partial charge in [-0.25, -0.2) is 0 Å². The van der Waals surface area contributed by atoms with Gasteiger partial charge in [0, 0.05) is 28.8 Å². The molecule has 1 aliphatic rings. The molecule has 1 atom stereocenters. The lowest BCUT2D eigenvalue weighted by atomic mass is 10.1. The monoisotopic (exact) mass is 386 g/mol. The van der Waals surface area contributed by atoms with Crippen molar-refractivity contribution in [2.75, 3.05) is 16.8 Å². The van der Waals surface area contributed by atoms with E-state index in [9.17, 15) is 9.59 Å². The van der Waals surface area contributed by atoms with Crippen LogP contribution in [0.1, 0.15) is 17.5 Å². The summed E-state index contributed by atoms with van der Waals surface area (Å²) in [6.45, 7) is 4.40. The largest absolute Gasteiger partial charge is 0.326 e. The lowest BCUT2D eigenvalue weighted by molar-refractivity contribution is -0.122. The first-order valence-corrected chi connectivity index (χ1v) is 8.67. The summed E-state index contributed by atoms with van der Waals surface area (Å²) in [6, 6.07) is 13.5. The van der Waals surface area contributed by atoms with Gasteiger partial charge >= 0.3 is 0 Å². The summed E-state index contributed by atoms with van der Waals surface area (Å²) in [6.07, 6.45) is 0.243. The molecule has 0 aliphatic carbocycles. The molecule has 1 heterocycles. The van der Waals surface area contributed by atoms with Crippen molar-refractivity contribution in [3.05, 3.63) is 58.1 Å². The Balaban J connectivity index is 1.70. The number of rotatable bonds is 3.